The molecule has 1 aliphatic rings. The van der Waals surface area contributed by atoms with Crippen LogP contribution in [0.1, 0.15) is 56.4 Å². The fraction of sp³-hybridized carbons (Fsp3) is 0.556. The zero-order valence-corrected chi connectivity index (χ0v) is 13.7. The molecule has 0 fully saturated rings. The second-order valence-electron chi connectivity index (χ2n) is 6.32. The molecule has 0 saturated heterocycles. The average molecular weight is 301 g/mol. The van der Waals surface area contributed by atoms with Gasteiger partial charge in [0, 0.05) is 13.1 Å². The summed E-state index contributed by atoms with van der Waals surface area (Å²) in [6, 6.07) is 3.69. The first kappa shape index (κ1) is 16.5. The minimum Gasteiger partial charge on any atom is -0.384 e. The monoisotopic (exact) mass is 301 g/mol. The summed E-state index contributed by atoms with van der Waals surface area (Å²) in [4.78, 5) is 16.3. The Labute approximate surface area is 133 Å². The van der Waals surface area contributed by atoms with Crippen LogP contribution in [0.15, 0.2) is 30.0 Å². The van der Waals surface area contributed by atoms with E-state index in [0.29, 0.717) is 18.2 Å². The minimum atomic E-state index is -0.0909. The molecule has 2 rings (SSSR count). The molecule has 22 heavy (non-hydrogen) atoms. The molecule has 4 nitrogen and oxygen atoms in total. The lowest BCUT2D eigenvalue weighted by Gasteiger charge is -2.13. The number of amides is 1. The topological polar surface area (TPSA) is 54.0 Å². The van der Waals surface area contributed by atoms with Gasteiger partial charge in [0.15, 0.2) is 0 Å². The molecule has 0 aromatic carbocycles. The predicted molar refractivity (Wildman–Crippen MR) is 91.1 cm³/mol. The number of nitrogens with zero attached hydrogens (tertiary/aromatic N) is 1. The van der Waals surface area contributed by atoms with Crippen LogP contribution in [0.3, 0.4) is 0 Å². The van der Waals surface area contributed by atoms with Crippen molar-refractivity contribution < 1.29 is 4.79 Å². The third-order valence-corrected chi connectivity index (χ3v) is 3.83. The van der Waals surface area contributed by atoms with Gasteiger partial charge in [0.1, 0.15) is 5.69 Å². The van der Waals surface area contributed by atoms with Crippen LogP contribution in [0.4, 0.5) is 5.69 Å². The summed E-state index contributed by atoms with van der Waals surface area (Å²) in [5.41, 5.74) is 2.91. The van der Waals surface area contributed by atoms with Gasteiger partial charge in [-0.2, -0.15) is 0 Å². The molecule has 4 heteroatoms. The quantitative estimate of drug-likeness (QED) is 0.754. The molecular weight excluding hydrogens is 274 g/mol. The number of aromatic nitrogens is 1. The van der Waals surface area contributed by atoms with E-state index in [2.05, 4.69) is 35.5 Å². The van der Waals surface area contributed by atoms with Crippen molar-refractivity contribution in [1.29, 1.82) is 0 Å². The van der Waals surface area contributed by atoms with Gasteiger partial charge in [-0.3, -0.25) is 4.79 Å². The van der Waals surface area contributed by atoms with Crippen molar-refractivity contribution in [2.45, 2.75) is 46.0 Å². The van der Waals surface area contributed by atoms with E-state index in [1.165, 1.54) is 31.3 Å². The molecule has 1 amide bonds. The molecule has 0 bridgehead atoms. The van der Waals surface area contributed by atoms with Gasteiger partial charge in [-0.25, -0.2) is 4.98 Å². The van der Waals surface area contributed by atoms with Crippen molar-refractivity contribution >= 4 is 11.6 Å². The van der Waals surface area contributed by atoms with Gasteiger partial charge in [-0.15, -0.1) is 0 Å². The number of carbonyl (C=O) groups excluding carboxylic acids is 1. The van der Waals surface area contributed by atoms with Crippen LogP contribution < -0.4 is 10.6 Å². The van der Waals surface area contributed by atoms with Crippen molar-refractivity contribution in [3.63, 3.8) is 0 Å². The molecular formula is C18H27N3O. The number of allylic oxidation sites excluding steroid dienone is 1. The van der Waals surface area contributed by atoms with E-state index < -0.39 is 0 Å². The van der Waals surface area contributed by atoms with E-state index in [-0.39, 0.29) is 5.91 Å². The Balaban J connectivity index is 1.75. The van der Waals surface area contributed by atoms with Crippen molar-refractivity contribution in [1.82, 2.24) is 10.3 Å². The lowest BCUT2D eigenvalue weighted by Crippen LogP contribution is -2.25. The zero-order valence-electron chi connectivity index (χ0n) is 13.7. The molecule has 0 spiro atoms. The fourth-order valence-corrected chi connectivity index (χ4v) is 2.51. The van der Waals surface area contributed by atoms with E-state index in [4.69, 9.17) is 0 Å². The summed E-state index contributed by atoms with van der Waals surface area (Å²) in [7, 11) is 0. The highest BCUT2D eigenvalue weighted by atomic mass is 16.1. The number of rotatable bonds is 7. The third kappa shape index (κ3) is 5.51. The van der Waals surface area contributed by atoms with Crippen LogP contribution in [0.25, 0.3) is 0 Å². The van der Waals surface area contributed by atoms with E-state index >= 15 is 0 Å². The van der Waals surface area contributed by atoms with Gasteiger partial charge in [-0.1, -0.05) is 25.5 Å². The van der Waals surface area contributed by atoms with Crippen LogP contribution in [0.5, 0.6) is 0 Å². The molecule has 0 unspecified atom stereocenters. The Kier molecular flexibility index (Phi) is 6.44. The minimum absolute atomic E-state index is 0.0909. The summed E-state index contributed by atoms with van der Waals surface area (Å²) in [5.74, 6) is 0.490. The van der Waals surface area contributed by atoms with E-state index in [1.807, 2.05) is 6.07 Å². The van der Waals surface area contributed by atoms with E-state index in [0.717, 1.165) is 18.7 Å². The van der Waals surface area contributed by atoms with Crippen molar-refractivity contribution in [2.75, 3.05) is 18.4 Å². The van der Waals surface area contributed by atoms with Gasteiger partial charge in [0.05, 0.1) is 11.9 Å². The molecule has 0 saturated carbocycles. The van der Waals surface area contributed by atoms with E-state index in [1.54, 1.807) is 12.3 Å². The lowest BCUT2D eigenvalue weighted by molar-refractivity contribution is 0.0949. The molecule has 0 atom stereocenters. The molecule has 120 valence electrons. The second-order valence-corrected chi connectivity index (χ2v) is 6.32. The average Bonchev–Trinajstić information content (AvgIpc) is 2.54. The molecule has 0 radical (unpaired) electrons. The highest BCUT2D eigenvalue weighted by Crippen LogP contribution is 2.19. The maximum absolute atomic E-state index is 12.1. The lowest BCUT2D eigenvalue weighted by atomic mass is 9.97. The Morgan fingerprint density at radius 1 is 1.32 bits per heavy atom. The van der Waals surface area contributed by atoms with E-state index in [9.17, 15) is 4.79 Å². The van der Waals surface area contributed by atoms with Crippen LogP contribution in [-0.4, -0.2) is 24.0 Å². The highest BCUT2D eigenvalue weighted by Gasteiger charge is 2.08. The Morgan fingerprint density at radius 3 is 2.82 bits per heavy atom. The van der Waals surface area contributed by atoms with Crippen LogP contribution >= 0.6 is 0 Å². The SMILES string of the molecule is CC(C)CNc1ccc(C(=O)NCCC2=CCCCC2)nc1. The number of anilines is 1. The fourth-order valence-electron chi connectivity index (χ4n) is 2.51. The number of hydrogen-bond acceptors (Lipinski definition) is 3. The number of pyridine rings is 1. The standard InChI is InChI=1S/C18H27N3O/c1-14(2)12-20-16-8-9-17(21-13-16)18(22)19-11-10-15-6-4-3-5-7-15/h6,8-9,13-14,20H,3-5,7,10-12H2,1-2H3,(H,19,22). The van der Waals surface area contributed by atoms with Gasteiger partial charge < -0.3 is 10.6 Å². The predicted octanol–water partition coefficient (Wildman–Crippen LogP) is 3.77. The Bertz CT molecular complexity index is 506. The van der Waals surface area contributed by atoms with Crippen molar-refractivity contribution in [3.8, 4) is 0 Å². The number of nitrogens with one attached hydrogen (secondary N) is 2. The maximum atomic E-state index is 12.1. The van der Waals surface area contributed by atoms with Gasteiger partial charge in [-0.05, 0) is 50.2 Å². The summed E-state index contributed by atoms with van der Waals surface area (Å²) in [6.45, 7) is 5.91. The number of hydrogen-bond donors (Lipinski definition) is 2. The first-order valence-corrected chi connectivity index (χ1v) is 8.31. The normalized spacial score (nSPS) is 14.6. The van der Waals surface area contributed by atoms with Crippen molar-refractivity contribution in [2.24, 2.45) is 5.92 Å². The van der Waals surface area contributed by atoms with Crippen LogP contribution in [0, 0.1) is 5.92 Å². The summed E-state index contributed by atoms with van der Waals surface area (Å²) in [6.07, 6.45) is 9.97. The first-order chi connectivity index (χ1) is 10.6. The van der Waals surface area contributed by atoms with Gasteiger partial charge >= 0.3 is 0 Å². The van der Waals surface area contributed by atoms with Crippen LogP contribution in [0.2, 0.25) is 0 Å². The summed E-state index contributed by atoms with van der Waals surface area (Å²) < 4.78 is 0. The van der Waals surface area contributed by atoms with Gasteiger partial charge in [0.2, 0.25) is 0 Å². The molecule has 1 aliphatic carbocycles. The smallest absolute Gasteiger partial charge is 0.269 e. The maximum Gasteiger partial charge on any atom is 0.269 e. The van der Waals surface area contributed by atoms with Crippen LogP contribution in [-0.2, 0) is 0 Å². The third-order valence-electron chi connectivity index (χ3n) is 3.83. The Morgan fingerprint density at radius 2 is 2.18 bits per heavy atom. The number of carbonyl (C=O) groups is 1. The largest absolute Gasteiger partial charge is 0.384 e. The first-order valence-electron chi connectivity index (χ1n) is 8.31. The summed E-state index contributed by atoms with van der Waals surface area (Å²) in [5, 5.41) is 6.25. The molecule has 1 aromatic rings. The Hall–Kier alpha value is -1.84. The summed E-state index contributed by atoms with van der Waals surface area (Å²) >= 11 is 0. The zero-order chi connectivity index (χ0) is 15.8. The molecule has 0 aliphatic heterocycles. The molecule has 2 N–H and O–H groups in total. The second kappa shape index (κ2) is 8.57. The molecule has 1 aromatic heterocycles. The molecule has 1 heterocycles. The highest BCUT2D eigenvalue weighted by molar-refractivity contribution is 5.92. The van der Waals surface area contributed by atoms with Gasteiger partial charge in [0.25, 0.3) is 5.91 Å². The van der Waals surface area contributed by atoms with Crippen molar-refractivity contribution in [3.05, 3.63) is 35.7 Å².